The predicted octanol–water partition coefficient (Wildman–Crippen LogP) is 3.74. The van der Waals surface area contributed by atoms with Gasteiger partial charge in [0.25, 0.3) is 0 Å². The fraction of sp³-hybridized carbons (Fsp3) is 0.235. The van der Waals surface area contributed by atoms with E-state index in [2.05, 4.69) is 21.2 Å². The minimum absolute atomic E-state index is 0.189. The van der Waals surface area contributed by atoms with Crippen LogP contribution in [0.3, 0.4) is 0 Å². The highest BCUT2D eigenvalue weighted by atomic mass is 79.9. The van der Waals surface area contributed by atoms with E-state index in [9.17, 15) is 13.2 Å². The van der Waals surface area contributed by atoms with Crippen LogP contribution in [0.5, 0.6) is 0 Å². The second-order valence-electron chi connectivity index (χ2n) is 5.53. The number of hydrogen-bond acceptors (Lipinski definition) is 4. The van der Waals surface area contributed by atoms with Crippen molar-refractivity contribution in [1.82, 2.24) is 4.31 Å². The maximum atomic E-state index is 12.3. The Kier molecular flexibility index (Phi) is 6.67. The molecule has 25 heavy (non-hydrogen) atoms. The van der Waals surface area contributed by atoms with Crippen molar-refractivity contribution in [3.63, 3.8) is 0 Å². The van der Waals surface area contributed by atoms with Gasteiger partial charge in [-0.05, 0) is 52.7 Å². The maximum absolute atomic E-state index is 12.3. The first-order chi connectivity index (χ1) is 11.7. The molecule has 0 saturated heterocycles. The van der Waals surface area contributed by atoms with Crippen LogP contribution >= 0.6 is 27.7 Å². The summed E-state index contributed by atoms with van der Waals surface area (Å²) in [6, 6.07) is 12.5. The van der Waals surface area contributed by atoms with Crippen molar-refractivity contribution in [3.05, 3.63) is 52.5 Å². The number of hydrogen-bond donors (Lipinski definition) is 1. The van der Waals surface area contributed by atoms with Crippen molar-refractivity contribution in [2.45, 2.75) is 16.7 Å². The van der Waals surface area contributed by atoms with Gasteiger partial charge in [-0.2, -0.15) is 0 Å². The molecule has 0 radical (unpaired) electrons. The lowest BCUT2D eigenvalue weighted by Gasteiger charge is -2.15. The number of nitrogens with one attached hydrogen (secondary N) is 1. The highest BCUT2D eigenvalue weighted by Crippen LogP contribution is 2.27. The zero-order valence-corrected chi connectivity index (χ0v) is 17.3. The van der Waals surface area contributed by atoms with Crippen LogP contribution in [0, 0.1) is 6.92 Å². The number of sulfonamides is 1. The Morgan fingerprint density at radius 1 is 1.20 bits per heavy atom. The third-order valence-corrected chi connectivity index (χ3v) is 7.41. The molecule has 0 aliphatic carbocycles. The van der Waals surface area contributed by atoms with E-state index in [0.29, 0.717) is 11.3 Å². The summed E-state index contributed by atoms with van der Waals surface area (Å²) in [6.07, 6.45) is 0. The third kappa shape index (κ3) is 5.07. The molecule has 0 unspecified atom stereocenters. The highest BCUT2D eigenvalue weighted by molar-refractivity contribution is 9.10. The van der Waals surface area contributed by atoms with E-state index in [4.69, 9.17) is 0 Å². The van der Waals surface area contributed by atoms with Gasteiger partial charge in [-0.25, -0.2) is 12.7 Å². The molecular formula is C17H19BrN2O3S2. The van der Waals surface area contributed by atoms with Crippen LogP contribution in [-0.2, 0) is 14.8 Å². The Bertz CT molecular complexity index is 883. The summed E-state index contributed by atoms with van der Waals surface area (Å²) < 4.78 is 26.8. The molecule has 2 rings (SSSR count). The summed E-state index contributed by atoms with van der Waals surface area (Å²) in [5.41, 5.74) is 1.10. The molecule has 8 heteroatoms. The number of carbonyl (C=O) groups excluding carboxylic acids is 1. The van der Waals surface area contributed by atoms with E-state index in [1.807, 2.05) is 24.3 Å². The average molecular weight is 443 g/mol. The van der Waals surface area contributed by atoms with Gasteiger partial charge < -0.3 is 5.32 Å². The van der Waals surface area contributed by atoms with Crippen molar-refractivity contribution in [2.75, 3.05) is 25.2 Å². The van der Waals surface area contributed by atoms with Gasteiger partial charge in [-0.15, -0.1) is 11.8 Å². The first-order valence-corrected chi connectivity index (χ1v) is 10.6. The van der Waals surface area contributed by atoms with Crippen LogP contribution < -0.4 is 5.32 Å². The molecule has 0 atom stereocenters. The summed E-state index contributed by atoms with van der Waals surface area (Å²) in [5.74, 6) is 0.0320. The third-order valence-electron chi connectivity index (χ3n) is 3.43. The summed E-state index contributed by atoms with van der Waals surface area (Å²) in [6.45, 7) is 1.73. The number of aryl methyl sites for hydroxylation is 1. The van der Waals surface area contributed by atoms with Crippen LogP contribution in [0.15, 0.2) is 56.7 Å². The SMILES string of the molecule is Cc1ccc(NC(=O)CSc2ccccc2Br)cc1S(=O)(=O)N(C)C. The zero-order chi connectivity index (χ0) is 18.6. The second kappa shape index (κ2) is 8.35. The number of carbonyl (C=O) groups is 1. The van der Waals surface area contributed by atoms with Gasteiger partial charge in [0.1, 0.15) is 0 Å². The Morgan fingerprint density at radius 3 is 2.52 bits per heavy atom. The van der Waals surface area contributed by atoms with E-state index in [0.717, 1.165) is 13.7 Å². The Morgan fingerprint density at radius 2 is 1.88 bits per heavy atom. The van der Waals surface area contributed by atoms with E-state index in [-0.39, 0.29) is 16.6 Å². The minimum atomic E-state index is -3.56. The molecule has 5 nitrogen and oxygen atoms in total. The van der Waals surface area contributed by atoms with Crippen LogP contribution in [0.4, 0.5) is 5.69 Å². The molecule has 2 aromatic rings. The van der Waals surface area contributed by atoms with Gasteiger partial charge in [0.05, 0.1) is 10.6 Å². The van der Waals surface area contributed by atoms with Crippen molar-refractivity contribution in [3.8, 4) is 0 Å². The van der Waals surface area contributed by atoms with Gasteiger partial charge in [0, 0.05) is 29.2 Å². The van der Waals surface area contributed by atoms with Crippen LogP contribution in [0.25, 0.3) is 0 Å². The van der Waals surface area contributed by atoms with E-state index in [1.165, 1.54) is 31.9 Å². The molecule has 0 bridgehead atoms. The van der Waals surface area contributed by atoms with Crippen molar-refractivity contribution in [2.24, 2.45) is 0 Å². The molecule has 134 valence electrons. The number of thioether (sulfide) groups is 1. The molecule has 2 aromatic carbocycles. The fourth-order valence-corrected chi connectivity index (χ4v) is 4.57. The Labute approximate surface area is 161 Å². The van der Waals surface area contributed by atoms with E-state index >= 15 is 0 Å². The second-order valence-corrected chi connectivity index (χ2v) is 9.53. The number of halogens is 1. The summed E-state index contributed by atoms with van der Waals surface area (Å²) in [4.78, 5) is 13.3. The summed E-state index contributed by atoms with van der Waals surface area (Å²) >= 11 is 4.85. The first kappa shape index (κ1) is 20.0. The molecule has 0 aliphatic rings. The molecule has 1 amide bonds. The van der Waals surface area contributed by atoms with E-state index < -0.39 is 10.0 Å². The maximum Gasteiger partial charge on any atom is 0.242 e. The lowest BCUT2D eigenvalue weighted by atomic mass is 10.2. The van der Waals surface area contributed by atoms with Crippen molar-refractivity contribution in [1.29, 1.82) is 0 Å². The molecule has 0 aliphatic heterocycles. The zero-order valence-electron chi connectivity index (χ0n) is 14.1. The lowest BCUT2D eigenvalue weighted by molar-refractivity contribution is -0.113. The number of rotatable bonds is 6. The Hall–Kier alpha value is -1.35. The average Bonchev–Trinajstić information content (AvgIpc) is 2.55. The van der Waals surface area contributed by atoms with Crippen LogP contribution in [0.2, 0.25) is 0 Å². The minimum Gasteiger partial charge on any atom is -0.325 e. The van der Waals surface area contributed by atoms with Gasteiger partial charge in [-0.1, -0.05) is 18.2 Å². The van der Waals surface area contributed by atoms with Crippen molar-refractivity contribution >= 4 is 49.3 Å². The smallest absolute Gasteiger partial charge is 0.242 e. The summed E-state index contributed by atoms with van der Waals surface area (Å²) in [7, 11) is -0.595. The lowest BCUT2D eigenvalue weighted by Crippen LogP contribution is -2.23. The molecule has 0 heterocycles. The molecule has 0 aromatic heterocycles. The highest BCUT2D eigenvalue weighted by Gasteiger charge is 2.20. The van der Waals surface area contributed by atoms with Crippen LogP contribution in [0.1, 0.15) is 5.56 Å². The molecule has 0 spiro atoms. The van der Waals surface area contributed by atoms with Crippen molar-refractivity contribution < 1.29 is 13.2 Å². The molecular weight excluding hydrogens is 424 g/mol. The van der Waals surface area contributed by atoms with Gasteiger partial charge in [0.2, 0.25) is 15.9 Å². The summed E-state index contributed by atoms with van der Waals surface area (Å²) in [5, 5.41) is 2.75. The molecule has 1 N–H and O–H groups in total. The van der Waals surface area contributed by atoms with Crippen LogP contribution in [-0.4, -0.2) is 38.5 Å². The number of benzene rings is 2. The Balaban J connectivity index is 2.10. The predicted molar refractivity (Wildman–Crippen MR) is 106 cm³/mol. The monoisotopic (exact) mass is 442 g/mol. The molecule has 0 saturated carbocycles. The van der Waals surface area contributed by atoms with E-state index in [1.54, 1.807) is 19.1 Å². The van der Waals surface area contributed by atoms with Gasteiger partial charge >= 0.3 is 0 Å². The van der Waals surface area contributed by atoms with Gasteiger partial charge in [0.15, 0.2) is 0 Å². The standard InChI is InChI=1S/C17H19BrN2O3S2/c1-12-8-9-13(10-16(12)25(22,23)20(2)3)19-17(21)11-24-15-7-5-4-6-14(15)18/h4-10H,11H2,1-3H3,(H,19,21). The fourth-order valence-electron chi connectivity index (χ4n) is 2.05. The largest absolute Gasteiger partial charge is 0.325 e. The topological polar surface area (TPSA) is 66.5 Å². The first-order valence-electron chi connectivity index (χ1n) is 7.42. The number of amides is 1. The molecule has 0 fully saturated rings. The normalized spacial score (nSPS) is 11.6. The quantitative estimate of drug-likeness (QED) is 0.691. The number of nitrogens with zero attached hydrogens (tertiary/aromatic N) is 1. The van der Waals surface area contributed by atoms with Gasteiger partial charge in [-0.3, -0.25) is 4.79 Å². The number of anilines is 1.